The maximum atomic E-state index is 9.03. The highest BCUT2D eigenvalue weighted by atomic mass is 16.4. The first kappa shape index (κ1) is 7.68. The summed E-state index contributed by atoms with van der Waals surface area (Å²) in [5.41, 5.74) is 5.32. The molecule has 0 radical (unpaired) electrons. The molecular weight excluding hydrogens is 134 g/mol. The molecule has 0 aromatic rings. The van der Waals surface area contributed by atoms with E-state index in [1.165, 1.54) is 12.2 Å². The highest BCUT2D eigenvalue weighted by Gasteiger charge is 2.30. The zero-order valence-electron chi connectivity index (χ0n) is 5.38. The summed E-state index contributed by atoms with van der Waals surface area (Å²) in [6.45, 7) is 0. The van der Waals surface area contributed by atoms with Crippen LogP contribution in [0.5, 0.6) is 0 Å². The van der Waals surface area contributed by atoms with Crippen molar-refractivity contribution in [3.63, 3.8) is 0 Å². The second-order valence-electron chi connectivity index (χ2n) is 2.43. The third kappa shape index (κ3) is 1.19. The lowest BCUT2D eigenvalue weighted by Gasteiger charge is -2.28. The smallest absolute Gasteiger partial charge is 0.111 e. The Balaban J connectivity index is 2.69. The molecule has 1 rings (SSSR count). The Morgan fingerprint density at radius 2 is 1.60 bits per heavy atom. The van der Waals surface area contributed by atoms with Crippen molar-refractivity contribution in [1.82, 2.24) is 0 Å². The SMILES string of the molecule is N[C@@H]1C=C[C@H](O)[C@@H](O)[C@@H]1O. The van der Waals surface area contributed by atoms with Crippen LogP contribution in [-0.2, 0) is 0 Å². The fourth-order valence-electron chi connectivity index (χ4n) is 0.900. The summed E-state index contributed by atoms with van der Waals surface area (Å²) in [6.07, 6.45) is -0.348. The van der Waals surface area contributed by atoms with Gasteiger partial charge in [0, 0.05) is 0 Å². The predicted molar refractivity (Wildman–Crippen MR) is 35.1 cm³/mol. The van der Waals surface area contributed by atoms with Crippen molar-refractivity contribution in [2.45, 2.75) is 24.4 Å². The quantitative estimate of drug-likeness (QED) is 0.296. The van der Waals surface area contributed by atoms with Crippen LogP contribution in [0.4, 0.5) is 0 Å². The third-order valence-electron chi connectivity index (χ3n) is 1.62. The Morgan fingerprint density at radius 1 is 1.00 bits per heavy atom. The van der Waals surface area contributed by atoms with Crippen LogP contribution in [0.1, 0.15) is 0 Å². The topological polar surface area (TPSA) is 86.7 Å². The molecule has 10 heavy (non-hydrogen) atoms. The molecule has 0 aromatic heterocycles. The lowest BCUT2D eigenvalue weighted by Crippen LogP contribution is -2.49. The van der Waals surface area contributed by atoms with Gasteiger partial charge >= 0.3 is 0 Å². The number of aliphatic hydroxyl groups is 3. The van der Waals surface area contributed by atoms with Crippen molar-refractivity contribution in [3.05, 3.63) is 12.2 Å². The van der Waals surface area contributed by atoms with Gasteiger partial charge in [-0.25, -0.2) is 0 Å². The van der Waals surface area contributed by atoms with Gasteiger partial charge in [-0.1, -0.05) is 12.2 Å². The van der Waals surface area contributed by atoms with Crippen LogP contribution in [0.25, 0.3) is 0 Å². The molecule has 0 bridgehead atoms. The Bertz CT molecular complexity index is 132. The Hall–Kier alpha value is -0.420. The average molecular weight is 145 g/mol. The molecule has 0 aliphatic heterocycles. The van der Waals surface area contributed by atoms with Gasteiger partial charge in [0.2, 0.25) is 0 Å². The maximum Gasteiger partial charge on any atom is 0.111 e. The zero-order chi connectivity index (χ0) is 7.72. The molecule has 0 heterocycles. The minimum absolute atomic E-state index is 0.571. The minimum atomic E-state index is -1.15. The van der Waals surface area contributed by atoms with Gasteiger partial charge in [-0.2, -0.15) is 0 Å². The minimum Gasteiger partial charge on any atom is -0.388 e. The third-order valence-corrected chi connectivity index (χ3v) is 1.62. The molecule has 0 amide bonds. The van der Waals surface area contributed by atoms with E-state index in [1.54, 1.807) is 0 Å². The highest BCUT2D eigenvalue weighted by Crippen LogP contribution is 2.11. The van der Waals surface area contributed by atoms with E-state index >= 15 is 0 Å². The molecule has 4 heteroatoms. The first-order chi connectivity index (χ1) is 4.63. The van der Waals surface area contributed by atoms with Gasteiger partial charge in [-0.3, -0.25) is 0 Å². The van der Waals surface area contributed by atoms with Gasteiger partial charge in [0.1, 0.15) is 18.3 Å². The lowest BCUT2D eigenvalue weighted by atomic mass is 9.95. The Morgan fingerprint density at radius 3 is 2.10 bits per heavy atom. The predicted octanol–water partition coefficient (Wildman–Crippen LogP) is -2.03. The van der Waals surface area contributed by atoms with Gasteiger partial charge in [-0.15, -0.1) is 0 Å². The van der Waals surface area contributed by atoms with Crippen LogP contribution in [-0.4, -0.2) is 39.7 Å². The van der Waals surface area contributed by atoms with E-state index < -0.39 is 24.4 Å². The first-order valence-corrected chi connectivity index (χ1v) is 3.11. The second kappa shape index (κ2) is 2.67. The number of aliphatic hydroxyl groups excluding tert-OH is 3. The van der Waals surface area contributed by atoms with Gasteiger partial charge in [0.05, 0.1) is 6.04 Å². The average Bonchev–Trinajstić information content (AvgIpc) is 1.93. The molecule has 1 aliphatic rings. The molecule has 0 unspecified atom stereocenters. The fraction of sp³-hybridized carbons (Fsp3) is 0.667. The monoisotopic (exact) mass is 145 g/mol. The lowest BCUT2D eigenvalue weighted by molar-refractivity contribution is -0.0518. The summed E-state index contributed by atoms with van der Waals surface area (Å²) >= 11 is 0. The number of nitrogens with two attached hydrogens (primary N) is 1. The molecule has 0 spiro atoms. The van der Waals surface area contributed by atoms with E-state index in [-0.39, 0.29) is 0 Å². The van der Waals surface area contributed by atoms with Crippen molar-refractivity contribution >= 4 is 0 Å². The van der Waals surface area contributed by atoms with E-state index in [2.05, 4.69) is 0 Å². The molecule has 0 aromatic carbocycles. The van der Waals surface area contributed by atoms with Gasteiger partial charge in [-0.05, 0) is 0 Å². The van der Waals surface area contributed by atoms with Gasteiger partial charge in [0.15, 0.2) is 0 Å². The van der Waals surface area contributed by atoms with Crippen molar-refractivity contribution < 1.29 is 15.3 Å². The van der Waals surface area contributed by atoms with Crippen molar-refractivity contribution in [2.75, 3.05) is 0 Å². The van der Waals surface area contributed by atoms with Crippen LogP contribution in [0.3, 0.4) is 0 Å². The van der Waals surface area contributed by atoms with Crippen LogP contribution >= 0.6 is 0 Å². The normalized spacial score (nSPS) is 47.6. The van der Waals surface area contributed by atoms with Crippen LogP contribution in [0.2, 0.25) is 0 Å². The Kier molecular flexibility index (Phi) is 2.05. The number of rotatable bonds is 0. The molecular formula is C6H11NO3. The number of hydrogen-bond donors (Lipinski definition) is 4. The fourth-order valence-corrected chi connectivity index (χ4v) is 0.900. The van der Waals surface area contributed by atoms with Crippen molar-refractivity contribution in [2.24, 2.45) is 5.73 Å². The van der Waals surface area contributed by atoms with Crippen molar-refractivity contribution in [1.29, 1.82) is 0 Å². The first-order valence-electron chi connectivity index (χ1n) is 3.11. The van der Waals surface area contributed by atoms with Gasteiger partial charge < -0.3 is 21.1 Å². The van der Waals surface area contributed by atoms with E-state index in [9.17, 15) is 0 Å². The standard InChI is InChI=1S/C6H11NO3/c7-3-1-2-4(8)6(10)5(3)9/h1-6,8-10H,7H2/t3-,4+,5-,6-/m1/s1. The van der Waals surface area contributed by atoms with Crippen LogP contribution in [0, 0.1) is 0 Å². The summed E-state index contributed by atoms with van der Waals surface area (Å²) in [4.78, 5) is 0. The summed E-state index contributed by atoms with van der Waals surface area (Å²) in [5, 5.41) is 26.9. The summed E-state index contributed by atoms with van der Waals surface area (Å²) < 4.78 is 0. The van der Waals surface area contributed by atoms with Crippen LogP contribution < -0.4 is 5.73 Å². The van der Waals surface area contributed by atoms with Crippen molar-refractivity contribution in [3.8, 4) is 0 Å². The highest BCUT2D eigenvalue weighted by molar-refractivity contribution is 5.09. The molecule has 4 nitrogen and oxygen atoms in total. The molecule has 0 saturated carbocycles. The second-order valence-corrected chi connectivity index (χ2v) is 2.43. The van der Waals surface area contributed by atoms with E-state index in [0.717, 1.165) is 0 Å². The Labute approximate surface area is 58.6 Å². The summed E-state index contributed by atoms with van der Waals surface area (Å²) in [5.74, 6) is 0. The summed E-state index contributed by atoms with van der Waals surface area (Å²) in [6, 6.07) is -0.571. The van der Waals surface area contributed by atoms with Crippen LogP contribution in [0.15, 0.2) is 12.2 Å². The molecule has 58 valence electrons. The molecule has 0 saturated heterocycles. The van der Waals surface area contributed by atoms with E-state index in [1.807, 2.05) is 0 Å². The summed E-state index contributed by atoms with van der Waals surface area (Å²) in [7, 11) is 0. The largest absolute Gasteiger partial charge is 0.388 e. The zero-order valence-corrected chi connectivity index (χ0v) is 5.38. The molecule has 5 N–H and O–H groups in total. The molecule has 0 fully saturated rings. The van der Waals surface area contributed by atoms with Gasteiger partial charge in [0.25, 0.3) is 0 Å². The number of hydrogen-bond acceptors (Lipinski definition) is 4. The van der Waals surface area contributed by atoms with E-state index in [0.29, 0.717) is 0 Å². The maximum absolute atomic E-state index is 9.03. The van der Waals surface area contributed by atoms with E-state index in [4.69, 9.17) is 21.1 Å². The molecule has 1 aliphatic carbocycles. The molecule has 4 atom stereocenters.